The van der Waals surface area contributed by atoms with Crippen molar-refractivity contribution >= 4 is 23.1 Å². The van der Waals surface area contributed by atoms with Crippen molar-refractivity contribution in [1.29, 1.82) is 0 Å². The highest BCUT2D eigenvalue weighted by Gasteiger charge is 2.06. The molecule has 2 rings (SSSR count). The lowest BCUT2D eigenvalue weighted by atomic mass is 10.2. The van der Waals surface area contributed by atoms with Crippen molar-refractivity contribution in [3.05, 3.63) is 54.1 Å². The predicted octanol–water partition coefficient (Wildman–Crippen LogP) is 1.20. The molecule has 1 aromatic carbocycles. The summed E-state index contributed by atoms with van der Waals surface area (Å²) in [6.45, 7) is 0.621. The second-order valence-electron chi connectivity index (χ2n) is 4.85. The minimum absolute atomic E-state index is 0.249. The van der Waals surface area contributed by atoms with Crippen LogP contribution in [0.5, 0.6) is 0 Å². The van der Waals surface area contributed by atoms with Gasteiger partial charge < -0.3 is 31.4 Å². The Morgan fingerprint density at radius 2 is 2.29 bits per heavy atom. The SMILES string of the molecule is COC(=S)NC/C(N)=C/Nc1ccc(-n2cnc(CN)c2)c(F)c1. The molecule has 1 heterocycles. The van der Waals surface area contributed by atoms with Crippen LogP contribution in [0.15, 0.2) is 42.6 Å². The van der Waals surface area contributed by atoms with Gasteiger partial charge in [-0.1, -0.05) is 0 Å². The summed E-state index contributed by atoms with van der Waals surface area (Å²) in [5.41, 5.74) is 13.4. The molecule has 0 bridgehead atoms. The Labute approximate surface area is 144 Å². The molecule has 128 valence electrons. The topological polar surface area (TPSA) is 103 Å². The molecule has 0 amide bonds. The fourth-order valence-electron chi connectivity index (χ4n) is 1.88. The molecular formula is C15H19FN6OS. The third-order valence-corrected chi connectivity index (χ3v) is 3.43. The number of anilines is 1. The van der Waals surface area contributed by atoms with Gasteiger partial charge in [0.15, 0.2) is 0 Å². The Hall–Kier alpha value is -2.65. The van der Waals surface area contributed by atoms with E-state index in [1.165, 1.54) is 19.5 Å². The number of benzene rings is 1. The van der Waals surface area contributed by atoms with Crippen molar-refractivity contribution in [2.45, 2.75) is 6.54 Å². The van der Waals surface area contributed by atoms with Gasteiger partial charge in [-0.05, 0) is 30.4 Å². The Morgan fingerprint density at radius 3 is 2.92 bits per heavy atom. The van der Waals surface area contributed by atoms with Crippen LogP contribution in [-0.2, 0) is 11.3 Å². The summed E-state index contributed by atoms with van der Waals surface area (Å²) in [6.07, 6.45) is 4.77. The second kappa shape index (κ2) is 8.27. The van der Waals surface area contributed by atoms with Gasteiger partial charge in [0.1, 0.15) is 5.82 Å². The van der Waals surface area contributed by atoms with Crippen LogP contribution in [0, 0.1) is 5.82 Å². The maximum Gasteiger partial charge on any atom is 0.256 e. The minimum Gasteiger partial charge on any atom is -0.474 e. The number of nitrogens with two attached hydrogens (primary N) is 2. The largest absolute Gasteiger partial charge is 0.474 e. The monoisotopic (exact) mass is 350 g/mol. The standard InChI is InChI=1S/C15H19FN6OS/c1-23-15(24)20-7-10(18)6-19-11-2-3-14(13(16)4-11)22-8-12(5-17)21-9-22/h2-4,6,8-9,19H,5,7,17-18H2,1H3,(H,20,24)/b10-6-. The van der Waals surface area contributed by atoms with Gasteiger partial charge in [-0.2, -0.15) is 0 Å². The first-order valence-corrected chi connectivity index (χ1v) is 7.50. The van der Waals surface area contributed by atoms with E-state index in [1.807, 2.05) is 0 Å². The number of nitrogens with zero attached hydrogens (tertiary/aromatic N) is 2. The van der Waals surface area contributed by atoms with Crippen LogP contribution >= 0.6 is 12.2 Å². The molecule has 0 aliphatic heterocycles. The van der Waals surface area contributed by atoms with Crippen molar-refractivity contribution in [3.8, 4) is 5.69 Å². The average molecular weight is 350 g/mol. The van der Waals surface area contributed by atoms with E-state index >= 15 is 0 Å². The molecule has 24 heavy (non-hydrogen) atoms. The van der Waals surface area contributed by atoms with Crippen LogP contribution in [0.2, 0.25) is 0 Å². The zero-order chi connectivity index (χ0) is 17.5. The summed E-state index contributed by atoms with van der Waals surface area (Å²) in [5, 5.41) is 5.97. The van der Waals surface area contributed by atoms with Gasteiger partial charge in [0.05, 0.1) is 31.4 Å². The first-order valence-electron chi connectivity index (χ1n) is 7.09. The molecule has 0 atom stereocenters. The van der Waals surface area contributed by atoms with E-state index in [1.54, 1.807) is 29.1 Å². The number of ether oxygens (including phenoxy) is 1. The van der Waals surface area contributed by atoms with Crippen LogP contribution in [0.3, 0.4) is 0 Å². The molecular weight excluding hydrogens is 331 g/mol. The minimum atomic E-state index is -0.397. The molecule has 0 saturated heterocycles. The highest BCUT2D eigenvalue weighted by molar-refractivity contribution is 7.80. The Balaban J connectivity index is 2.02. The molecule has 1 aromatic heterocycles. The van der Waals surface area contributed by atoms with Gasteiger partial charge in [0.25, 0.3) is 5.17 Å². The van der Waals surface area contributed by atoms with Crippen molar-refractivity contribution < 1.29 is 9.13 Å². The number of hydrogen-bond donors (Lipinski definition) is 4. The Bertz CT molecular complexity index is 745. The quantitative estimate of drug-likeness (QED) is 0.581. The lowest BCUT2D eigenvalue weighted by Crippen LogP contribution is -2.27. The van der Waals surface area contributed by atoms with E-state index in [2.05, 4.69) is 15.6 Å². The number of nitrogens with one attached hydrogen (secondary N) is 2. The third kappa shape index (κ3) is 4.67. The van der Waals surface area contributed by atoms with Crippen molar-refractivity contribution in [3.63, 3.8) is 0 Å². The fraction of sp³-hybridized carbons (Fsp3) is 0.200. The van der Waals surface area contributed by atoms with Gasteiger partial charge in [-0.25, -0.2) is 9.37 Å². The average Bonchev–Trinajstić information content (AvgIpc) is 3.06. The number of thiocarbonyl (C=S) groups is 1. The van der Waals surface area contributed by atoms with Crippen LogP contribution in [0.25, 0.3) is 5.69 Å². The van der Waals surface area contributed by atoms with E-state index in [-0.39, 0.29) is 5.17 Å². The molecule has 6 N–H and O–H groups in total. The fourth-order valence-corrected chi connectivity index (χ4v) is 1.95. The Kier molecular flexibility index (Phi) is 6.10. The van der Waals surface area contributed by atoms with E-state index in [0.717, 1.165) is 0 Å². The summed E-state index contributed by atoms with van der Waals surface area (Å²) >= 11 is 4.84. The molecule has 7 nitrogen and oxygen atoms in total. The Morgan fingerprint density at radius 1 is 1.50 bits per heavy atom. The summed E-state index contributed by atoms with van der Waals surface area (Å²) in [7, 11) is 1.47. The molecule has 0 spiro atoms. The predicted molar refractivity (Wildman–Crippen MR) is 94.9 cm³/mol. The summed E-state index contributed by atoms with van der Waals surface area (Å²) in [6, 6.07) is 4.74. The first kappa shape index (κ1) is 17.7. The number of methoxy groups -OCH3 is 1. The lowest BCUT2D eigenvalue weighted by Gasteiger charge is -2.09. The van der Waals surface area contributed by atoms with Gasteiger partial charge in [0.2, 0.25) is 0 Å². The number of rotatable bonds is 6. The van der Waals surface area contributed by atoms with Crippen molar-refractivity contribution in [2.75, 3.05) is 19.0 Å². The molecule has 0 aliphatic carbocycles. The van der Waals surface area contributed by atoms with Gasteiger partial charge in [0, 0.05) is 30.3 Å². The smallest absolute Gasteiger partial charge is 0.256 e. The van der Waals surface area contributed by atoms with Gasteiger partial charge in [-0.3, -0.25) is 0 Å². The molecule has 0 aliphatic rings. The molecule has 0 saturated carbocycles. The van der Waals surface area contributed by atoms with Gasteiger partial charge in [-0.15, -0.1) is 0 Å². The molecule has 9 heteroatoms. The number of halogens is 1. The van der Waals surface area contributed by atoms with Crippen molar-refractivity contribution in [2.24, 2.45) is 11.5 Å². The van der Waals surface area contributed by atoms with E-state index < -0.39 is 5.82 Å². The van der Waals surface area contributed by atoms with Crippen LogP contribution in [-0.4, -0.2) is 28.4 Å². The molecule has 0 radical (unpaired) electrons. The lowest BCUT2D eigenvalue weighted by molar-refractivity contribution is 0.395. The second-order valence-corrected chi connectivity index (χ2v) is 5.22. The molecule has 0 fully saturated rings. The normalized spacial score (nSPS) is 11.2. The van der Waals surface area contributed by atoms with E-state index in [0.29, 0.717) is 35.9 Å². The van der Waals surface area contributed by atoms with Crippen molar-refractivity contribution in [1.82, 2.24) is 14.9 Å². The zero-order valence-corrected chi connectivity index (χ0v) is 13.9. The highest BCUT2D eigenvalue weighted by Crippen LogP contribution is 2.18. The number of aromatic nitrogens is 2. The zero-order valence-electron chi connectivity index (χ0n) is 13.1. The van der Waals surface area contributed by atoms with Crippen LogP contribution in [0.4, 0.5) is 10.1 Å². The van der Waals surface area contributed by atoms with E-state index in [4.69, 9.17) is 28.4 Å². The van der Waals surface area contributed by atoms with Crippen LogP contribution in [0.1, 0.15) is 5.69 Å². The van der Waals surface area contributed by atoms with E-state index in [9.17, 15) is 4.39 Å². The third-order valence-electron chi connectivity index (χ3n) is 3.12. The summed E-state index contributed by atoms with van der Waals surface area (Å²) in [5.74, 6) is -0.397. The maximum atomic E-state index is 14.3. The molecule has 0 unspecified atom stereocenters. The highest BCUT2D eigenvalue weighted by atomic mass is 32.1. The number of imidazole rings is 1. The van der Waals surface area contributed by atoms with Crippen LogP contribution < -0.4 is 22.1 Å². The van der Waals surface area contributed by atoms with Gasteiger partial charge >= 0.3 is 0 Å². The summed E-state index contributed by atoms with van der Waals surface area (Å²) < 4.78 is 20.6. The number of hydrogen-bond acceptors (Lipinski definition) is 6. The maximum absolute atomic E-state index is 14.3. The summed E-state index contributed by atoms with van der Waals surface area (Å²) in [4.78, 5) is 4.08. The molecule has 2 aromatic rings. The first-order chi connectivity index (χ1) is 11.5.